The number of rotatable bonds is 2. The molecule has 7 nitrogen and oxygen atoms in total. The Morgan fingerprint density at radius 3 is 2.54 bits per heavy atom. The molecule has 2 bridgehead atoms. The molecule has 144 valence electrons. The van der Waals surface area contributed by atoms with Crippen molar-refractivity contribution in [3.63, 3.8) is 0 Å². The van der Waals surface area contributed by atoms with E-state index in [0.29, 0.717) is 23.7 Å². The molecule has 2 aliphatic carbocycles. The zero-order valence-electron chi connectivity index (χ0n) is 15.5. The fraction of sp³-hybridized carbons (Fsp3) is 0.895. The van der Waals surface area contributed by atoms with Crippen LogP contribution in [0.3, 0.4) is 0 Å². The van der Waals surface area contributed by atoms with Crippen molar-refractivity contribution in [2.75, 3.05) is 0 Å². The molecule has 10 unspecified atom stereocenters. The highest BCUT2D eigenvalue weighted by Crippen LogP contribution is 2.55. The van der Waals surface area contributed by atoms with Crippen LogP contribution in [0.4, 0.5) is 0 Å². The Balaban J connectivity index is 1.27. The van der Waals surface area contributed by atoms with E-state index in [4.69, 9.17) is 23.7 Å². The molecule has 0 aromatic rings. The van der Waals surface area contributed by atoms with Crippen molar-refractivity contribution < 1.29 is 33.3 Å². The van der Waals surface area contributed by atoms with Crippen molar-refractivity contribution in [2.45, 2.75) is 77.0 Å². The van der Waals surface area contributed by atoms with Crippen LogP contribution in [0.5, 0.6) is 0 Å². The largest absolute Gasteiger partial charge is 0.454 e. The lowest BCUT2D eigenvalue weighted by Crippen LogP contribution is -2.40. The highest BCUT2D eigenvalue weighted by Gasteiger charge is 2.64. The van der Waals surface area contributed by atoms with Crippen molar-refractivity contribution in [1.82, 2.24) is 0 Å². The highest BCUT2D eigenvalue weighted by atomic mass is 16.8. The molecule has 5 aliphatic rings. The van der Waals surface area contributed by atoms with Gasteiger partial charge in [-0.2, -0.15) is 0 Å². The molecule has 10 atom stereocenters. The third kappa shape index (κ3) is 2.29. The summed E-state index contributed by atoms with van der Waals surface area (Å²) in [6.45, 7) is 8.05. The number of esters is 2. The first-order chi connectivity index (χ1) is 12.2. The molecule has 26 heavy (non-hydrogen) atoms. The molecule has 0 aromatic heterocycles. The van der Waals surface area contributed by atoms with Crippen LogP contribution in [0.25, 0.3) is 0 Å². The smallest absolute Gasteiger partial charge is 0.350 e. The van der Waals surface area contributed by atoms with Crippen LogP contribution < -0.4 is 0 Å². The van der Waals surface area contributed by atoms with E-state index < -0.39 is 42.5 Å². The van der Waals surface area contributed by atoms with Crippen LogP contribution in [0.1, 0.15) is 40.5 Å². The molecule has 3 aliphatic heterocycles. The summed E-state index contributed by atoms with van der Waals surface area (Å²) in [5, 5.41) is 0. The predicted octanol–water partition coefficient (Wildman–Crippen LogP) is 1.63. The van der Waals surface area contributed by atoms with Gasteiger partial charge in [0.2, 0.25) is 6.10 Å². The first-order valence-electron chi connectivity index (χ1n) is 9.67. The van der Waals surface area contributed by atoms with E-state index in [-0.39, 0.29) is 11.9 Å². The molecule has 0 N–H and O–H groups in total. The van der Waals surface area contributed by atoms with Gasteiger partial charge in [0.05, 0.1) is 5.92 Å². The van der Waals surface area contributed by atoms with Gasteiger partial charge in [-0.15, -0.1) is 0 Å². The molecule has 5 fully saturated rings. The molecule has 3 saturated heterocycles. The second kappa shape index (κ2) is 5.42. The molecular weight excluding hydrogens is 340 g/mol. The third-order valence-corrected chi connectivity index (χ3v) is 7.25. The number of ether oxygens (including phenoxy) is 5. The molecule has 0 radical (unpaired) electrons. The maximum atomic E-state index is 12.8. The summed E-state index contributed by atoms with van der Waals surface area (Å²) >= 11 is 0. The quantitative estimate of drug-likeness (QED) is 0.687. The monoisotopic (exact) mass is 366 g/mol. The van der Waals surface area contributed by atoms with Gasteiger partial charge in [-0.25, -0.2) is 4.79 Å². The van der Waals surface area contributed by atoms with Gasteiger partial charge in [0.15, 0.2) is 24.3 Å². The topological polar surface area (TPSA) is 80.3 Å². The van der Waals surface area contributed by atoms with Gasteiger partial charge in [0.25, 0.3) is 0 Å². The molecule has 0 spiro atoms. The third-order valence-electron chi connectivity index (χ3n) is 7.25. The fourth-order valence-corrected chi connectivity index (χ4v) is 5.76. The van der Waals surface area contributed by atoms with Crippen molar-refractivity contribution >= 4 is 11.9 Å². The van der Waals surface area contributed by atoms with Crippen molar-refractivity contribution in [1.29, 1.82) is 0 Å². The predicted molar refractivity (Wildman–Crippen MR) is 86.5 cm³/mol. The first-order valence-corrected chi connectivity index (χ1v) is 9.67. The minimum atomic E-state index is -1.03. The Bertz CT molecular complexity index is 644. The molecule has 5 rings (SSSR count). The molecule has 3 heterocycles. The van der Waals surface area contributed by atoms with Crippen molar-refractivity contribution in [3.8, 4) is 0 Å². The lowest BCUT2D eigenvalue weighted by atomic mass is 9.76. The van der Waals surface area contributed by atoms with E-state index in [1.807, 2.05) is 0 Å². The lowest BCUT2D eigenvalue weighted by molar-refractivity contribution is -0.217. The molecular formula is C19H26O7. The Kier molecular flexibility index (Phi) is 3.54. The van der Waals surface area contributed by atoms with Gasteiger partial charge in [-0.1, -0.05) is 13.8 Å². The van der Waals surface area contributed by atoms with E-state index >= 15 is 0 Å². The number of hydrogen-bond donors (Lipinski definition) is 0. The summed E-state index contributed by atoms with van der Waals surface area (Å²) in [5.74, 6) is 0.365. The number of hydrogen-bond acceptors (Lipinski definition) is 7. The Hall–Kier alpha value is -1.18. The van der Waals surface area contributed by atoms with Gasteiger partial charge in [-0.3, -0.25) is 4.79 Å². The minimum Gasteiger partial charge on any atom is -0.454 e. The van der Waals surface area contributed by atoms with E-state index in [1.165, 1.54) is 0 Å². The number of carbonyl (C=O) groups is 2. The van der Waals surface area contributed by atoms with Crippen LogP contribution >= 0.6 is 0 Å². The second-order valence-corrected chi connectivity index (χ2v) is 9.05. The molecule has 7 heteroatoms. The van der Waals surface area contributed by atoms with Gasteiger partial charge in [0, 0.05) is 0 Å². The van der Waals surface area contributed by atoms with Gasteiger partial charge in [-0.05, 0) is 50.4 Å². The number of carbonyl (C=O) groups excluding carboxylic acids is 2. The summed E-state index contributed by atoms with van der Waals surface area (Å²) in [6.07, 6.45) is -1.42. The zero-order valence-corrected chi connectivity index (χ0v) is 15.5. The van der Waals surface area contributed by atoms with E-state index in [2.05, 4.69) is 13.8 Å². The summed E-state index contributed by atoms with van der Waals surface area (Å²) in [6, 6.07) is 0. The second-order valence-electron chi connectivity index (χ2n) is 9.05. The average Bonchev–Trinajstić information content (AvgIpc) is 3.31. The summed E-state index contributed by atoms with van der Waals surface area (Å²) in [5.41, 5.74) is 0. The highest BCUT2D eigenvalue weighted by molar-refractivity contribution is 5.83. The van der Waals surface area contributed by atoms with E-state index in [0.717, 1.165) is 12.8 Å². The van der Waals surface area contributed by atoms with Crippen LogP contribution in [-0.4, -0.2) is 48.4 Å². The molecule has 0 amide bonds. The zero-order chi connectivity index (χ0) is 18.4. The van der Waals surface area contributed by atoms with Gasteiger partial charge >= 0.3 is 11.9 Å². The van der Waals surface area contributed by atoms with Crippen LogP contribution in [0, 0.1) is 29.6 Å². The first kappa shape index (κ1) is 17.0. The van der Waals surface area contributed by atoms with Gasteiger partial charge in [0.1, 0.15) is 6.10 Å². The fourth-order valence-electron chi connectivity index (χ4n) is 5.76. The van der Waals surface area contributed by atoms with Crippen molar-refractivity contribution in [3.05, 3.63) is 0 Å². The average molecular weight is 366 g/mol. The van der Waals surface area contributed by atoms with Crippen LogP contribution in [0.2, 0.25) is 0 Å². The standard InChI is InChI=1S/C19H26O7/c1-7-8(2)10-5-9(7)6-11(10)16(20)23-14-12-13(22-17(14)21)15-18(24-12)26-19(3,4)25-15/h7-15,18H,5-6H2,1-4H3. The molecule has 0 aromatic carbocycles. The normalized spacial score (nSPS) is 53.5. The van der Waals surface area contributed by atoms with E-state index in [9.17, 15) is 9.59 Å². The van der Waals surface area contributed by atoms with Crippen LogP contribution in [0.15, 0.2) is 0 Å². The Morgan fingerprint density at radius 1 is 1.08 bits per heavy atom. The summed E-state index contributed by atoms with van der Waals surface area (Å²) < 4.78 is 28.3. The Morgan fingerprint density at radius 2 is 1.85 bits per heavy atom. The number of fused-ring (bicyclic) bond motifs is 5. The summed E-state index contributed by atoms with van der Waals surface area (Å²) in [7, 11) is 0. The summed E-state index contributed by atoms with van der Waals surface area (Å²) in [4.78, 5) is 25.1. The minimum absolute atomic E-state index is 0.120. The Labute approximate surface area is 152 Å². The lowest BCUT2D eigenvalue weighted by Gasteiger charge is -2.31. The molecule has 2 saturated carbocycles. The van der Waals surface area contributed by atoms with Crippen LogP contribution in [-0.2, 0) is 33.3 Å². The SMILES string of the molecule is CC1C2CC(C(=O)OC3C(=O)OC4C5OC(C)(C)OC5OC34)C(C2)C1C. The van der Waals surface area contributed by atoms with Crippen molar-refractivity contribution in [2.24, 2.45) is 29.6 Å². The van der Waals surface area contributed by atoms with E-state index in [1.54, 1.807) is 13.8 Å². The maximum Gasteiger partial charge on any atom is 0.350 e. The maximum absolute atomic E-state index is 12.8. The van der Waals surface area contributed by atoms with Gasteiger partial charge < -0.3 is 23.7 Å².